The lowest BCUT2D eigenvalue weighted by Gasteiger charge is -2.26. The molecule has 116 valence electrons. The van der Waals surface area contributed by atoms with Gasteiger partial charge in [0.15, 0.2) is 0 Å². The Labute approximate surface area is 126 Å². The van der Waals surface area contributed by atoms with Gasteiger partial charge in [-0.15, -0.1) is 0 Å². The fourth-order valence-corrected chi connectivity index (χ4v) is 2.64. The van der Waals surface area contributed by atoms with Crippen LogP contribution in [-0.2, 0) is 14.4 Å². The molecule has 1 unspecified atom stereocenters. The molecule has 0 spiro atoms. The zero-order chi connectivity index (χ0) is 16.6. The number of non-ortho nitro benzene ring substituents is 1. The summed E-state index contributed by atoms with van der Waals surface area (Å²) in [6.45, 7) is 4.20. The second kappa shape index (κ2) is 5.55. The van der Waals surface area contributed by atoms with Crippen molar-refractivity contribution in [1.82, 2.24) is 0 Å². The van der Waals surface area contributed by atoms with Crippen molar-refractivity contribution in [3.05, 3.63) is 28.3 Å². The van der Waals surface area contributed by atoms with Crippen LogP contribution in [-0.4, -0.2) is 28.7 Å². The summed E-state index contributed by atoms with van der Waals surface area (Å²) in [4.78, 5) is 48.6. The average Bonchev–Trinajstić information content (AvgIpc) is 2.49. The van der Waals surface area contributed by atoms with Crippen LogP contribution >= 0.6 is 0 Å². The zero-order valence-electron chi connectivity index (χ0n) is 12.4. The number of rotatable bonds is 1. The molecule has 3 amide bonds. The largest absolute Gasteiger partial charge is 0.307 e. The van der Waals surface area contributed by atoms with Crippen LogP contribution in [0, 0.1) is 10.1 Å². The molecule has 0 saturated heterocycles. The quantitative estimate of drug-likeness (QED) is 0.579. The molecule has 8 heteroatoms. The predicted molar refractivity (Wildman–Crippen MR) is 78.5 cm³/mol. The van der Waals surface area contributed by atoms with Gasteiger partial charge in [-0.1, -0.05) is 0 Å². The molecule has 1 heterocycles. The van der Waals surface area contributed by atoms with E-state index >= 15 is 0 Å². The molecule has 0 fully saturated rings. The molecular weight excluding hydrogens is 290 g/mol. The van der Waals surface area contributed by atoms with Crippen LogP contribution in [0.1, 0.15) is 27.2 Å². The van der Waals surface area contributed by atoms with Crippen LogP contribution in [0.4, 0.5) is 17.1 Å². The maximum absolute atomic E-state index is 12.2. The maximum Gasteiger partial charge on any atom is 0.271 e. The first-order chi connectivity index (χ1) is 10.2. The first-order valence-electron chi connectivity index (χ1n) is 6.65. The molecular formula is C14H15N3O5. The van der Waals surface area contributed by atoms with E-state index in [9.17, 15) is 24.5 Å². The van der Waals surface area contributed by atoms with Gasteiger partial charge in [0.25, 0.3) is 5.69 Å². The molecule has 0 aromatic heterocycles. The molecule has 1 aromatic rings. The Hall–Kier alpha value is -2.77. The third-order valence-corrected chi connectivity index (χ3v) is 3.48. The lowest BCUT2D eigenvalue weighted by Crippen LogP contribution is -2.38. The molecule has 0 aliphatic carbocycles. The van der Waals surface area contributed by atoms with Crippen molar-refractivity contribution in [2.24, 2.45) is 0 Å². The van der Waals surface area contributed by atoms with E-state index in [1.54, 1.807) is 6.92 Å². The highest BCUT2D eigenvalue weighted by Gasteiger charge is 2.35. The molecule has 1 aliphatic rings. The van der Waals surface area contributed by atoms with Crippen LogP contribution < -0.4 is 9.80 Å². The molecule has 1 aromatic carbocycles. The van der Waals surface area contributed by atoms with Gasteiger partial charge in [-0.25, -0.2) is 4.90 Å². The number of benzene rings is 1. The summed E-state index contributed by atoms with van der Waals surface area (Å²) in [5.41, 5.74) is 0.160. The van der Waals surface area contributed by atoms with Crippen LogP contribution in [0.5, 0.6) is 0 Å². The second-order valence-corrected chi connectivity index (χ2v) is 5.12. The number of anilines is 2. The van der Waals surface area contributed by atoms with Gasteiger partial charge in [-0.2, -0.15) is 0 Å². The molecule has 0 radical (unpaired) electrons. The third-order valence-electron chi connectivity index (χ3n) is 3.48. The van der Waals surface area contributed by atoms with Crippen molar-refractivity contribution in [1.29, 1.82) is 0 Å². The van der Waals surface area contributed by atoms with E-state index in [2.05, 4.69) is 0 Å². The molecule has 1 atom stereocenters. The van der Waals surface area contributed by atoms with Crippen molar-refractivity contribution in [3.8, 4) is 0 Å². The summed E-state index contributed by atoms with van der Waals surface area (Å²) in [7, 11) is 0. The molecule has 0 bridgehead atoms. The summed E-state index contributed by atoms with van der Waals surface area (Å²) in [5, 5.41) is 11.0. The van der Waals surface area contributed by atoms with Crippen molar-refractivity contribution < 1.29 is 19.3 Å². The van der Waals surface area contributed by atoms with Gasteiger partial charge in [0.05, 0.1) is 16.3 Å². The summed E-state index contributed by atoms with van der Waals surface area (Å²) in [6, 6.07) is 3.23. The number of carbonyl (C=O) groups is 3. The number of amides is 3. The van der Waals surface area contributed by atoms with Gasteiger partial charge in [0, 0.05) is 38.4 Å². The predicted octanol–water partition coefficient (Wildman–Crippen LogP) is 1.62. The fourth-order valence-electron chi connectivity index (χ4n) is 2.64. The second-order valence-electron chi connectivity index (χ2n) is 5.12. The molecule has 0 N–H and O–H groups in total. The van der Waals surface area contributed by atoms with E-state index in [0.717, 1.165) is 4.90 Å². The van der Waals surface area contributed by atoms with Gasteiger partial charge >= 0.3 is 0 Å². The fraction of sp³-hybridized carbons (Fsp3) is 0.357. The number of carbonyl (C=O) groups excluding carboxylic acids is 3. The number of fused-ring (bicyclic) bond motifs is 1. The van der Waals surface area contributed by atoms with Gasteiger partial charge < -0.3 is 4.90 Å². The standard InChI is InChI=1S/C14H15N3O5/c1-8-6-14(20)16(10(3)19)12-5-4-11(17(21)22)7-13(12)15(8)9(2)18/h4-5,7-8H,6H2,1-3H3. The zero-order valence-corrected chi connectivity index (χ0v) is 12.4. The van der Waals surface area contributed by atoms with Gasteiger partial charge in [0.2, 0.25) is 17.7 Å². The van der Waals surface area contributed by atoms with E-state index in [1.807, 2.05) is 0 Å². The normalized spacial score (nSPS) is 17.8. The molecule has 0 saturated carbocycles. The van der Waals surface area contributed by atoms with E-state index in [1.165, 1.54) is 36.9 Å². The van der Waals surface area contributed by atoms with Crippen molar-refractivity contribution in [2.45, 2.75) is 33.2 Å². The minimum Gasteiger partial charge on any atom is -0.307 e. The van der Waals surface area contributed by atoms with E-state index in [0.29, 0.717) is 0 Å². The molecule has 1 aliphatic heterocycles. The maximum atomic E-state index is 12.2. The molecule has 22 heavy (non-hydrogen) atoms. The topological polar surface area (TPSA) is 101 Å². The Kier molecular flexibility index (Phi) is 3.94. The number of imide groups is 1. The third kappa shape index (κ3) is 2.54. The number of nitro benzene ring substituents is 1. The highest BCUT2D eigenvalue weighted by atomic mass is 16.6. The van der Waals surface area contributed by atoms with Crippen LogP contribution in [0.15, 0.2) is 18.2 Å². The van der Waals surface area contributed by atoms with Gasteiger partial charge in [-0.3, -0.25) is 24.5 Å². The average molecular weight is 305 g/mol. The monoisotopic (exact) mass is 305 g/mol. The Balaban J connectivity index is 2.75. The van der Waals surface area contributed by atoms with E-state index in [-0.39, 0.29) is 29.4 Å². The Bertz CT molecular complexity index is 685. The summed E-state index contributed by atoms with van der Waals surface area (Å²) < 4.78 is 0. The number of nitrogens with zero attached hydrogens (tertiary/aromatic N) is 3. The van der Waals surface area contributed by atoms with Crippen LogP contribution in [0.2, 0.25) is 0 Å². The Morgan fingerprint density at radius 3 is 2.36 bits per heavy atom. The first-order valence-corrected chi connectivity index (χ1v) is 6.65. The number of hydrogen-bond donors (Lipinski definition) is 0. The Morgan fingerprint density at radius 2 is 1.86 bits per heavy atom. The molecule has 2 rings (SSSR count). The lowest BCUT2D eigenvalue weighted by molar-refractivity contribution is -0.384. The van der Waals surface area contributed by atoms with Crippen molar-refractivity contribution in [2.75, 3.05) is 9.80 Å². The van der Waals surface area contributed by atoms with Crippen molar-refractivity contribution in [3.63, 3.8) is 0 Å². The van der Waals surface area contributed by atoms with Crippen molar-refractivity contribution >= 4 is 34.8 Å². The van der Waals surface area contributed by atoms with Crippen LogP contribution in [0.3, 0.4) is 0 Å². The summed E-state index contributed by atoms with van der Waals surface area (Å²) in [5.74, 6) is -1.30. The van der Waals surface area contributed by atoms with Gasteiger partial charge in [0.1, 0.15) is 0 Å². The lowest BCUT2D eigenvalue weighted by atomic mass is 10.1. The number of nitro groups is 1. The highest BCUT2D eigenvalue weighted by molar-refractivity contribution is 6.18. The summed E-state index contributed by atoms with van der Waals surface area (Å²) in [6.07, 6.45) is -0.0400. The van der Waals surface area contributed by atoms with Crippen LogP contribution in [0.25, 0.3) is 0 Å². The minimum atomic E-state index is -0.589. The molecule has 8 nitrogen and oxygen atoms in total. The van der Waals surface area contributed by atoms with E-state index in [4.69, 9.17) is 0 Å². The smallest absolute Gasteiger partial charge is 0.271 e. The first kappa shape index (κ1) is 15.6. The van der Waals surface area contributed by atoms with Gasteiger partial charge in [-0.05, 0) is 13.0 Å². The SMILES string of the molecule is CC(=O)N1C(=O)CC(C)N(C(C)=O)c2cc([N+](=O)[O-])ccc21. The Morgan fingerprint density at radius 1 is 1.23 bits per heavy atom. The number of hydrogen-bond acceptors (Lipinski definition) is 5. The summed E-state index contributed by atoms with van der Waals surface area (Å²) >= 11 is 0. The van der Waals surface area contributed by atoms with E-state index < -0.39 is 22.8 Å². The minimum absolute atomic E-state index is 0.0400. The highest BCUT2D eigenvalue weighted by Crippen LogP contribution is 2.37.